The summed E-state index contributed by atoms with van der Waals surface area (Å²) >= 11 is 0. The third-order valence-corrected chi connectivity index (χ3v) is 4.56. The van der Waals surface area contributed by atoms with Gasteiger partial charge >= 0.3 is 6.03 Å². The SMILES string of the molecule is CC(C)c1noc(CCCNC(=O)NC2CCCCCC2CO)n1. The van der Waals surface area contributed by atoms with Gasteiger partial charge in [0.2, 0.25) is 5.89 Å². The minimum absolute atomic E-state index is 0.0713. The molecule has 1 saturated carbocycles. The zero-order valence-electron chi connectivity index (χ0n) is 14.8. The van der Waals surface area contributed by atoms with Crippen LogP contribution in [0, 0.1) is 5.92 Å². The molecule has 0 bridgehead atoms. The summed E-state index contributed by atoms with van der Waals surface area (Å²) in [5.41, 5.74) is 0. The standard InChI is InChI=1S/C17H30N4O3/c1-12(2)16-20-15(24-21-16)9-6-10-18-17(23)19-14-8-5-3-4-7-13(14)11-22/h12-14,22H,3-11H2,1-2H3,(H2,18,19,23). The Morgan fingerprint density at radius 3 is 2.83 bits per heavy atom. The second kappa shape index (κ2) is 9.61. The van der Waals surface area contributed by atoms with Crippen LogP contribution in [0.1, 0.15) is 70.0 Å². The molecule has 1 aliphatic rings. The average Bonchev–Trinajstić information content (AvgIpc) is 2.92. The summed E-state index contributed by atoms with van der Waals surface area (Å²) < 4.78 is 5.18. The largest absolute Gasteiger partial charge is 0.396 e. The summed E-state index contributed by atoms with van der Waals surface area (Å²) in [4.78, 5) is 16.4. The van der Waals surface area contributed by atoms with E-state index in [2.05, 4.69) is 20.8 Å². The van der Waals surface area contributed by atoms with Crippen molar-refractivity contribution < 1.29 is 14.4 Å². The number of aliphatic hydroxyl groups is 1. The number of carbonyl (C=O) groups excluding carboxylic acids is 1. The molecule has 136 valence electrons. The van der Waals surface area contributed by atoms with Crippen LogP contribution >= 0.6 is 0 Å². The van der Waals surface area contributed by atoms with E-state index >= 15 is 0 Å². The Kier molecular flexibility index (Phi) is 7.49. The van der Waals surface area contributed by atoms with Gasteiger partial charge in [0, 0.05) is 37.5 Å². The van der Waals surface area contributed by atoms with E-state index in [9.17, 15) is 9.90 Å². The van der Waals surface area contributed by atoms with Gasteiger partial charge in [0.15, 0.2) is 5.82 Å². The fourth-order valence-corrected chi connectivity index (χ4v) is 3.06. The summed E-state index contributed by atoms with van der Waals surface area (Å²) in [5.74, 6) is 1.76. The van der Waals surface area contributed by atoms with Gasteiger partial charge in [-0.2, -0.15) is 4.98 Å². The van der Waals surface area contributed by atoms with Gasteiger partial charge in [0.05, 0.1) is 0 Å². The number of amides is 2. The van der Waals surface area contributed by atoms with Gasteiger partial charge in [-0.1, -0.05) is 38.3 Å². The van der Waals surface area contributed by atoms with Crippen molar-refractivity contribution in [1.82, 2.24) is 20.8 Å². The Morgan fingerprint density at radius 1 is 1.33 bits per heavy atom. The first-order valence-electron chi connectivity index (χ1n) is 9.08. The zero-order valence-corrected chi connectivity index (χ0v) is 14.8. The van der Waals surface area contributed by atoms with Crippen LogP contribution in [-0.4, -0.2) is 40.5 Å². The number of hydrogen-bond donors (Lipinski definition) is 3. The third-order valence-electron chi connectivity index (χ3n) is 4.56. The van der Waals surface area contributed by atoms with E-state index in [0.717, 1.165) is 37.9 Å². The van der Waals surface area contributed by atoms with Crippen LogP contribution in [0.4, 0.5) is 4.79 Å². The van der Waals surface area contributed by atoms with Gasteiger partial charge in [-0.05, 0) is 19.3 Å². The highest BCUT2D eigenvalue weighted by Gasteiger charge is 2.24. The predicted molar refractivity (Wildman–Crippen MR) is 90.7 cm³/mol. The fraction of sp³-hybridized carbons (Fsp3) is 0.824. The summed E-state index contributed by atoms with van der Waals surface area (Å²) in [7, 11) is 0. The van der Waals surface area contributed by atoms with E-state index in [1.165, 1.54) is 6.42 Å². The molecule has 2 rings (SSSR count). The molecule has 1 aromatic rings. The van der Waals surface area contributed by atoms with Crippen molar-refractivity contribution in [3.63, 3.8) is 0 Å². The Balaban J connectivity index is 1.66. The molecule has 1 fully saturated rings. The lowest BCUT2D eigenvalue weighted by Gasteiger charge is -2.24. The fourth-order valence-electron chi connectivity index (χ4n) is 3.06. The van der Waals surface area contributed by atoms with Gasteiger partial charge in [0.25, 0.3) is 0 Å². The number of hydrogen-bond acceptors (Lipinski definition) is 5. The summed E-state index contributed by atoms with van der Waals surface area (Å²) in [6, 6.07) is -0.0872. The molecule has 7 nitrogen and oxygen atoms in total. The van der Waals surface area contributed by atoms with Gasteiger partial charge < -0.3 is 20.3 Å². The first-order valence-corrected chi connectivity index (χ1v) is 9.08. The van der Waals surface area contributed by atoms with Crippen LogP contribution in [0.3, 0.4) is 0 Å². The van der Waals surface area contributed by atoms with E-state index in [1.54, 1.807) is 0 Å². The number of nitrogens with one attached hydrogen (secondary N) is 2. The Labute approximate surface area is 143 Å². The van der Waals surface area contributed by atoms with Crippen molar-refractivity contribution >= 4 is 6.03 Å². The van der Waals surface area contributed by atoms with Crippen LogP contribution in [0.2, 0.25) is 0 Å². The topological polar surface area (TPSA) is 100 Å². The minimum atomic E-state index is -0.159. The van der Waals surface area contributed by atoms with Crippen LogP contribution in [0.25, 0.3) is 0 Å². The van der Waals surface area contributed by atoms with Crippen molar-refractivity contribution in [2.45, 2.75) is 70.8 Å². The van der Waals surface area contributed by atoms with Crippen molar-refractivity contribution in [3.8, 4) is 0 Å². The molecule has 0 saturated heterocycles. The van der Waals surface area contributed by atoms with Gasteiger partial charge in [-0.15, -0.1) is 0 Å². The normalized spacial score (nSPS) is 21.5. The quantitative estimate of drug-likeness (QED) is 0.523. The summed E-state index contributed by atoms with van der Waals surface area (Å²) in [6.07, 6.45) is 6.75. The Bertz CT molecular complexity index is 504. The first-order chi connectivity index (χ1) is 11.6. The third kappa shape index (κ3) is 5.78. The first kappa shape index (κ1) is 18.7. The van der Waals surface area contributed by atoms with Crippen molar-refractivity contribution in [2.75, 3.05) is 13.2 Å². The Hall–Kier alpha value is -1.63. The van der Waals surface area contributed by atoms with Crippen LogP contribution in [0.15, 0.2) is 4.52 Å². The van der Waals surface area contributed by atoms with Gasteiger partial charge in [-0.3, -0.25) is 0 Å². The van der Waals surface area contributed by atoms with E-state index in [1.807, 2.05) is 13.8 Å². The molecule has 2 amide bonds. The van der Waals surface area contributed by atoms with E-state index in [4.69, 9.17) is 4.52 Å². The molecule has 0 spiro atoms. The molecule has 24 heavy (non-hydrogen) atoms. The van der Waals surface area contributed by atoms with Gasteiger partial charge in [-0.25, -0.2) is 4.79 Å². The molecular formula is C17H30N4O3. The lowest BCUT2D eigenvalue weighted by molar-refractivity contribution is 0.179. The van der Waals surface area contributed by atoms with Crippen molar-refractivity contribution in [2.24, 2.45) is 5.92 Å². The number of nitrogens with zero attached hydrogens (tertiary/aromatic N) is 2. The monoisotopic (exact) mass is 338 g/mol. The average molecular weight is 338 g/mol. The van der Waals surface area contributed by atoms with Crippen molar-refractivity contribution in [3.05, 3.63) is 11.7 Å². The maximum atomic E-state index is 12.0. The molecule has 1 aliphatic carbocycles. The van der Waals surface area contributed by atoms with E-state index in [-0.39, 0.29) is 30.5 Å². The summed E-state index contributed by atoms with van der Waals surface area (Å²) in [6.45, 7) is 4.74. The summed E-state index contributed by atoms with van der Waals surface area (Å²) in [5, 5.41) is 19.3. The van der Waals surface area contributed by atoms with E-state index < -0.39 is 0 Å². The lowest BCUT2D eigenvalue weighted by Crippen LogP contribution is -2.46. The van der Waals surface area contributed by atoms with Crippen LogP contribution < -0.4 is 10.6 Å². The molecule has 0 aromatic carbocycles. The highest BCUT2D eigenvalue weighted by Crippen LogP contribution is 2.23. The smallest absolute Gasteiger partial charge is 0.315 e. The maximum Gasteiger partial charge on any atom is 0.315 e. The highest BCUT2D eigenvalue weighted by atomic mass is 16.5. The maximum absolute atomic E-state index is 12.0. The second-order valence-electron chi connectivity index (χ2n) is 6.89. The Morgan fingerprint density at radius 2 is 2.12 bits per heavy atom. The number of urea groups is 1. The van der Waals surface area contributed by atoms with Crippen molar-refractivity contribution in [1.29, 1.82) is 0 Å². The second-order valence-corrected chi connectivity index (χ2v) is 6.89. The highest BCUT2D eigenvalue weighted by molar-refractivity contribution is 5.74. The molecule has 7 heteroatoms. The van der Waals surface area contributed by atoms with Crippen LogP contribution in [0.5, 0.6) is 0 Å². The number of carbonyl (C=O) groups is 1. The lowest BCUT2D eigenvalue weighted by atomic mass is 9.96. The number of aryl methyl sites for hydroxylation is 1. The molecule has 0 aliphatic heterocycles. The molecule has 1 aromatic heterocycles. The molecule has 2 atom stereocenters. The molecule has 1 heterocycles. The van der Waals surface area contributed by atoms with Gasteiger partial charge in [0.1, 0.15) is 0 Å². The number of rotatable bonds is 7. The number of aliphatic hydroxyl groups excluding tert-OH is 1. The minimum Gasteiger partial charge on any atom is -0.396 e. The molecule has 0 radical (unpaired) electrons. The predicted octanol–water partition coefficient (Wildman–Crippen LogP) is 2.37. The zero-order chi connectivity index (χ0) is 17.4. The molecular weight excluding hydrogens is 308 g/mol. The van der Waals surface area contributed by atoms with Crippen LogP contribution in [-0.2, 0) is 6.42 Å². The number of aromatic nitrogens is 2. The molecule has 2 unspecified atom stereocenters. The van der Waals surface area contributed by atoms with E-state index in [0.29, 0.717) is 18.9 Å². The molecule has 3 N–H and O–H groups in total.